The number of likely N-dealkylation sites (tertiary alicyclic amines) is 1. The van der Waals surface area contributed by atoms with Gasteiger partial charge in [0.05, 0.1) is 5.69 Å². The van der Waals surface area contributed by atoms with Crippen molar-refractivity contribution >= 4 is 5.91 Å². The van der Waals surface area contributed by atoms with Crippen LogP contribution in [-0.4, -0.2) is 38.7 Å². The van der Waals surface area contributed by atoms with Crippen molar-refractivity contribution in [1.82, 2.24) is 19.7 Å². The van der Waals surface area contributed by atoms with Crippen molar-refractivity contribution in [2.75, 3.05) is 13.1 Å². The van der Waals surface area contributed by atoms with Gasteiger partial charge in [0.2, 0.25) is 5.91 Å². The summed E-state index contributed by atoms with van der Waals surface area (Å²) in [7, 11) is 0. The van der Waals surface area contributed by atoms with Gasteiger partial charge in [-0.05, 0) is 54.0 Å². The SMILES string of the molecule is C=CC(=O)N1CCC(c2cc(-c3ccc(F)cc3)cc(-c3ccn(C(F)F)n3)n2)C1. The summed E-state index contributed by atoms with van der Waals surface area (Å²) in [6, 6.07) is 11.1. The first-order chi connectivity index (χ1) is 14.4. The maximum absolute atomic E-state index is 13.4. The molecule has 1 fully saturated rings. The summed E-state index contributed by atoms with van der Waals surface area (Å²) in [5.41, 5.74) is 3.04. The Morgan fingerprint density at radius 3 is 2.57 bits per heavy atom. The minimum absolute atomic E-state index is 0.00904. The molecule has 4 rings (SSSR count). The summed E-state index contributed by atoms with van der Waals surface area (Å²) >= 11 is 0. The van der Waals surface area contributed by atoms with Crippen LogP contribution < -0.4 is 0 Å². The topological polar surface area (TPSA) is 51.0 Å². The number of carbonyl (C=O) groups excluding carboxylic acids is 1. The van der Waals surface area contributed by atoms with Gasteiger partial charge in [0.15, 0.2) is 0 Å². The molecule has 0 radical (unpaired) electrons. The summed E-state index contributed by atoms with van der Waals surface area (Å²) in [6.45, 7) is 1.87. The molecule has 1 aliphatic rings. The fourth-order valence-corrected chi connectivity index (χ4v) is 3.62. The molecule has 1 saturated heterocycles. The van der Waals surface area contributed by atoms with E-state index in [0.29, 0.717) is 29.2 Å². The monoisotopic (exact) mass is 412 g/mol. The van der Waals surface area contributed by atoms with Gasteiger partial charge in [0.25, 0.3) is 0 Å². The second-order valence-electron chi connectivity index (χ2n) is 7.11. The zero-order valence-electron chi connectivity index (χ0n) is 16.0. The van der Waals surface area contributed by atoms with Crippen molar-refractivity contribution in [3.63, 3.8) is 0 Å². The van der Waals surface area contributed by atoms with Crippen LogP contribution in [0.1, 0.15) is 24.6 Å². The number of halogens is 3. The van der Waals surface area contributed by atoms with Gasteiger partial charge >= 0.3 is 6.55 Å². The third-order valence-electron chi connectivity index (χ3n) is 5.19. The Labute approximate surface area is 171 Å². The van der Waals surface area contributed by atoms with Crippen LogP contribution in [0.25, 0.3) is 22.5 Å². The van der Waals surface area contributed by atoms with E-state index in [-0.39, 0.29) is 17.6 Å². The highest BCUT2D eigenvalue weighted by molar-refractivity contribution is 5.87. The lowest BCUT2D eigenvalue weighted by Gasteiger charge is -2.15. The Kier molecular flexibility index (Phi) is 5.39. The number of nitrogens with zero attached hydrogens (tertiary/aromatic N) is 4. The Bertz CT molecular complexity index is 1080. The number of amides is 1. The first-order valence-electron chi connectivity index (χ1n) is 9.47. The van der Waals surface area contributed by atoms with Crippen LogP contribution in [0.15, 0.2) is 61.3 Å². The van der Waals surface area contributed by atoms with Gasteiger partial charge in [-0.25, -0.2) is 9.07 Å². The van der Waals surface area contributed by atoms with E-state index in [1.54, 1.807) is 23.1 Å². The van der Waals surface area contributed by atoms with Crippen molar-refractivity contribution in [2.45, 2.75) is 18.9 Å². The van der Waals surface area contributed by atoms with Crippen LogP contribution >= 0.6 is 0 Å². The number of alkyl halides is 2. The number of rotatable bonds is 5. The Morgan fingerprint density at radius 1 is 1.13 bits per heavy atom. The molecule has 1 atom stereocenters. The summed E-state index contributed by atoms with van der Waals surface area (Å²) in [4.78, 5) is 18.3. The van der Waals surface area contributed by atoms with Gasteiger partial charge in [-0.15, -0.1) is 0 Å². The molecule has 154 valence electrons. The highest BCUT2D eigenvalue weighted by Gasteiger charge is 2.28. The molecule has 1 amide bonds. The average molecular weight is 412 g/mol. The maximum Gasteiger partial charge on any atom is 0.333 e. The molecular weight excluding hydrogens is 393 g/mol. The predicted octanol–water partition coefficient (Wildman–Crippen LogP) is 4.65. The summed E-state index contributed by atoms with van der Waals surface area (Å²) < 4.78 is 39.8. The molecule has 0 saturated carbocycles. The third kappa shape index (κ3) is 3.98. The van der Waals surface area contributed by atoms with Crippen LogP contribution in [0.3, 0.4) is 0 Å². The van der Waals surface area contributed by atoms with E-state index >= 15 is 0 Å². The molecule has 1 aliphatic heterocycles. The summed E-state index contributed by atoms with van der Waals surface area (Å²) in [6.07, 6.45) is 3.21. The maximum atomic E-state index is 13.4. The third-order valence-corrected chi connectivity index (χ3v) is 5.19. The molecule has 0 N–H and O–H groups in total. The molecule has 5 nitrogen and oxygen atoms in total. The van der Waals surface area contributed by atoms with Crippen molar-refractivity contribution in [3.8, 4) is 22.5 Å². The van der Waals surface area contributed by atoms with E-state index in [1.165, 1.54) is 30.5 Å². The lowest BCUT2D eigenvalue weighted by atomic mass is 9.98. The molecule has 3 aromatic rings. The van der Waals surface area contributed by atoms with E-state index in [1.807, 2.05) is 6.07 Å². The first-order valence-corrected chi connectivity index (χ1v) is 9.47. The Hall–Kier alpha value is -3.42. The quantitative estimate of drug-likeness (QED) is 0.574. The molecule has 3 heterocycles. The standard InChI is InChI=1S/C22H19F3N4O/c1-2-21(30)28-9-7-15(13-28)19-11-16(14-3-5-17(23)6-4-14)12-20(26-19)18-8-10-29(27-18)22(24)25/h2-6,8,10-12,15,22H,1,7,9,13H2. The molecule has 1 aromatic carbocycles. The molecule has 0 bridgehead atoms. The molecule has 0 aliphatic carbocycles. The van der Waals surface area contributed by atoms with Gasteiger partial charge < -0.3 is 4.90 Å². The summed E-state index contributed by atoms with van der Waals surface area (Å²) in [5, 5.41) is 3.92. The van der Waals surface area contributed by atoms with Crippen LogP contribution in [-0.2, 0) is 4.79 Å². The van der Waals surface area contributed by atoms with E-state index in [4.69, 9.17) is 0 Å². The number of carbonyl (C=O) groups is 1. The Morgan fingerprint density at radius 2 is 1.90 bits per heavy atom. The molecule has 30 heavy (non-hydrogen) atoms. The zero-order valence-corrected chi connectivity index (χ0v) is 16.0. The molecule has 8 heteroatoms. The van der Waals surface area contributed by atoms with Crippen LogP contribution in [0.5, 0.6) is 0 Å². The van der Waals surface area contributed by atoms with Gasteiger partial charge in [0.1, 0.15) is 11.5 Å². The fraction of sp³-hybridized carbons (Fsp3) is 0.227. The number of hydrogen-bond donors (Lipinski definition) is 0. The highest BCUT2D eigenvalue weighted by atomic mass is 19.3. The van der Waals surface area contributed by atoms with Crippen LogP contribution in [0.4, 0.5) is 13.2 Å². The van der Waals surface area contributed by atoms with Crippen molar-refractivity contribution in [1.29, 1.82) is 0 Å². The Balaban J connectivity index is 1.75. The first kappa shape index (κ1) is 19.9. The smallest absolute Gasteiger partial charge is 0.333 e. The minimum Gasteiger partial charge on any atom is -0.338 e. The van der Waals surface area contributed by atoms with E-state index in [9.17, 15) is 18.0 Å². The van der Waals surface area contributed by atoms with Crippen molar-refractivity contribution in [2.24, 2.45) is 0 Å². The fourth-order valence-electron chi connectivity index (χ4n) is 3.62. The second kappa shape index (κ2) is 8.14. The number of pyridine rings is 1. The predicted molar refractivity (Wildman–Crippen MR) is 106 cm³/mol. The zero-order chi connectivity index (χ0) is 21.3. The molecule has 0 spiro atoms. The van der Waals surface area contributed by atoms with Gasteiger partial charge in [-0.2, -0.15) is 13.9 Å². The van der Waals surface area contributed by atoms with Gasteiger partial charge in [-0.1, -0.05) is 18.7 Å². The number of hydrogen-bond acceptors (Lipinski definition) is 3. The van der Waals surface area contributed by atoms with Crippen LogP contribution in [0.2, 0.25) is 0 Å². The largest absolute Gasteiger partial charge is 0.338 e. The van der Waals surface area contributed by atoms with Crippen LogP contribution in [0, 0.1) is 5.82 Å². The van der Waals surface area contributed by atoms with Gasteiger partial charge in [0, 0.05) is 30.9 Å². The summed E-state index contributed by atoms with van der Waals surface area (Å²) in [5.74, 6) is -0.494. The number of benzene rings is 1. The lowest BCUT2D eigenvalue weighted by Crippen LogP contribution is -2.26. The highest BCUT2D eigenvalue weighted by Crippen LogP contribution is 2.32. The minimum atomic E-state index is -2.74. The number of aromatic nitrogens is 3. The van der Waals surface area contributed by atoms with E-state index in [2.05, 4.69) is 16.7 Å². The average Bonchev–Trinajstić information content (AvgIpc) is 3.43. The molecule has 1 unspecified atom stereocenters. The van der Waals surface area contributed by atoms with E-state index in [0.717, 1.165) is 23.2 Å². The van der Waals surface area contributed by atoms with E-state index < -0.39 is 6.55 Å². The normalized spacial score (nSPS) is 16.3. The lowest BCUT2D eigenvalue weighted by molar-refractivity contribution is -0.125. The van der Waals surface area contributed by atoms with Crippen molar-refractivity contribution in [3.05, 3.63) is 72.8 Å². The van der Waals surface area contributed by atoms with Gasteiger partial charge in [-0.3, -0.25) is 9.78 Å². The molecular formula is C22H19F3N4O. The second-order valence-corrected chi connectivity index (χ2v) is 7.11. The molecule has 2 aromatic heterocycles. The van der Waals surface area contributed by atoms with Crippen molar-refractivity contribution < 1.29 is 18.0 Å².